The normalized spacial score (nSPS) is 14.1. The molecule has 0 radical (unpaired) electrons. The van der Waals surface area contributed by atoms with E-state index in [0.29, 0.717) is 6.04 Å². The average Bonchev–Trinajstić information content (AvgIpc) is 2.76. The SMILES string of the molecule is CCNC(C)C(C)(C)c1ccc2sccc2c1. The van der Waals surface area contributed by atoms with Crippen molar-refractivity contribution in [3.63, 3.8) is 0 Å². The molecule has 0 aliphatic carbocycles. The van der Waals surface area contributed by atoms with Gasteiger partial charge in [-0.25, -0.2) is 0 Å². The highest BCUT2D eigenvalue weighted by molar-refractivity contribution is 7.17. The predicted molar refractivity (Wildman–Crippen MR) is 78.0 cm³/mol. The van der Waals surface area contributed by atoms with Crippen molar-refractivity contribution in [3.05, 3.63) is 35.2 Å². The monoisotopic (exact) mass is 247 g/mol. The van der Waals surface area contributed by atoms with Crippen molar-refractivity contribution >= 4 is 21.4 Å². The standard InChI is InChI=1S/C15H21NS/c1-5-16-11(2)15(3,4)13-6-7-14-12(10-13)8-9-17-14/h6-11,16H,5H2,1-4H3. The number of hydrogen-bond donors (Lipinski definition) is 1. The molecule has 0 aliphatic heterocycles. The van der Waals surface area contributed by atoms with E-state index in [-0.39, 0.29) is 5.41 Å². The molecule has 1 heterocycles. The summed E-state index contributed by atoms with van der Waals surface area (Å²) in [7, 11) is 0. The molecule has 1 unspecified atom stereocenters. The van der Waals surface area contributed by atoms with Crippen molar-refractivity contribution in [2.75, 3.05) is 6.54 Å². The highest BCUT2D eigenvalue weighted by atomic mass is 32.1. The smallest absolute Gasteiger partial charge is 0.0342 e. The molecule has 1 aromatic heterocycles. The molecule has 17 heavy (non-hydrogen) atoms. The maximum atomic E-state index is 3.53. The Bertz CT molecular complexity index is 498. The molecule has 0 aliphatic rings. The molecular formula is C15H21NS. The topological polar surface area (TPSA) is 12.0 Å². The summed E-state index contributed by atoms with van der Waals surface area (Å²) in [6.45, 7) is 10.1. The number of benzene rings is 1. The van der Waals surface area contributed by atoms with Crippen molar-refractivity contribution in [2.45, 2.75) is 39.2 Å². The Morgan fingerprint density at radius 1 is 1.29 bits per heavy atom. The van der Waals surface area contributed by atoms with Crippen molar-refractivity contribution in [3.8, 4) is 0 Å². The second-order valence-corrected chi connectivity index (χ2v) is 6.12. The first-order valence-corrected chi connectivity index (χ1v) is 7.14. The van der Waals surface area contributed by atoms with E-state index in [2.05, 4.69) is 62.7 Å². The second kappa shape index (κ2) is 4.79. The Morgan fingerprint density at radius 2 is 2.06 bits per heavy atom. The Labute approximate surface area is 108 Å². The van der Waals surface area contributed by atoms with Crippen LogP contribution >= 0.6 is 11.3 Å². The molecule has 0 spiro atoms. The molecule has 0 bridgehead atoms. The van der Waals surface area contributed by atoms with Gasteiger partial charge < -0.3 is 5.32 Å². The molecule has 1 nitrogen and oxygen atoms in total. The van der Waals surface area contributed by atoms with Gasteiger partial charge in [0.2, 0.25) is 0 Å². The van der Waals surface area contributed by atoms with Crippen LogP contribution in [-0.2, 0) is 5.41 Å². The summed E-state index contributed by atoms with van der Waals surface area (Å²) in [4.78, 5) is 0. The second-order valence-electron chi connectivity index (χ2n) is 5.17. The molecule has 92 valence electrons. The molecule has 1 N–H and O–H groups in total. The van der Waals surface area contributed by atoms with Gasteiger partial charge in [0.15, 0.2) is 0 Å². The summed E-state index contributed by atoms with van der Waals surface area (Å²) < 4.78 is 1.38. The first kappa shape index (κ1) is 12.6. The summed E-state index contributed by atoms with van der Waals surface area (Å²) in [5.74, 6) is 0. The lowest BCUT2D eigenvalue weighted by Gasteiger charge is -2.33. The lowest BCUT2D eigenvalue weighted by atomic mass is 9.78. The van der Waals surface area contributed by atoms with Crippen LogP contribution in [0.1, 0.15) is 33.3 Å². The minimum Gasteiger partial charge on any atom is -0.314 e. The molecule has 2 rings (SSSR count). The van der Waals surface area contributed by atoms with Gasteiger partial charge in [0.1, 0.15) is 0 Å². The lowest BCUT2D eigenvalue weighted by molar-refractivity contribution is 0.369. The van der Waals surface area contributed by atoms with Crippen molar-refractivity contribution in [2.24, 2.45) is 0 Å². The van der Waals surface area contributed by atoms with Crippen LogP contribution in [0.25, 0.3) is 10.1 Å². The Kier molecular flexibility index (Phi) is 3.55. The Hall–Kier alpha value is -0.860. The van der Waals surface area contributed by atoms with Gasteiger partial charge in [-0.1, -0.05) is 26.8 Å². The molecule has 0 fully saturated rings. The molecule has 1 atom stereocenters. The van der Waals surface area contributed by atoms with Gasteiger partial charge in [0.25, 0.3) is 0 Å². The van der Waals surface area contributed by atoms with E-state index < -0.39 is 0 Å². The highest BCUT2D eigenvalue weighted by Crippen LogP contribution is 2.31. The van der Waals surface area contributed by atoms with E-state index in [1.165, 1.54) is 15.6 Å². The molecule has 2 heteroatoms. The van der Waals surface area contributed by atoms with Crippen LogP contribution in [0.2, 0.25) is 0 Å². The minimum absolute atomic E-state index is 0.159. The van der Waals surface area contributed by atoms with Crippen molar-refractivity contribution < 1.29 is 0 Å². The fourth-order valence-corrected chi connectivity index (χ4v) is 2.95. The van der Waals surface area contributed by atoms with E-state index >= 15 is 0 Å². The van der Waals surface area contributed by atoms with Gasteiger partial charge in [-0.3, -0.25) is 0 Å². The molecule has 0 amide bonds. The summed E-state index contributed by atoms with van der Waals surface area (Å²) >= 11 is 1.81. The van der Waals surface area contributed by atoms with Gasteiger partial charge in [-0.05, 0) is 48.0 Å². The van der Waals surface area contributed by atoms with Gasteiger partial charge in [0, 0.05) is 16.2 Å². The summed E-state index contributed by atoms with van der Waals surface area (Å²) in [5, 5.41) is 7.06. The maximum Gasteiger partial charge on any atom is 0.0342 e. The third-order valence-electron chi connectivity index (χ3n) is 3.79. The van der Waals surface area contributed by atoms with Crippen LogP contribution in [0.5, 0.6) is 0 Å². The van der Waals surface area contributed by atoms with Crippen molar-refractivity contribution in [1.82, 2.24) is 5.32 Å². The zero-order valence-electron chi connectivity index (χ0n) is 11.1. The van der Waals surface area contributed by atoms with E-state index in [1.807, 2.05) is 11.3 Å². The van der Waals surface area contributed by atoms with Gasteiger partial charge in [0.05, 0.1) is 0 Å². The number of rotatable bonds is 4. The first-order valence-electron chi connectivity index (χ1n) is 6.27. The zero-order chi connectivity index (χ0) is 12.5. The van der Waals surface area contributed by atoms with Crippen molar-refractivity contribution in [1.29, 1.82) is 0 Å². The number of thiophene rings is 1. The zero-order valence-corrected chi connectivity index (χ0v) is 11.9. The number of nitrogens with one attached hydrogen (secondary N) is 1. The number of hydrogen-bond acceptors (Lipinski definition) is 2. The Morgan fingerprint density at radius 3 is 2.76 bits per heavy atom. The summed E-state index contributed by atoms with van der Waals surface area (Å²) in [5.41, 5.74) is 1.57. The third-order valence-corrected chi connectivity index (χ3v) is 4.69. The minimum atomic E-state index is 0.159. The largest absolute Gasteiger partial charge is 0.314 e. The van der Waals surface area contributed by atoms with Crippen LogP contribution < -0.4 is 5.32 Å². The van der Waals surface area contributed by atoms with Gasteiger partial charge >= 0.3 is 0 Å². The van der Waals surface area contributed by atoms with Crippen LogP contribution in [0, 0.1) is 0 Å². The van der Waals surface area contributed by atoms with Crippen LogP contribution in [0.4, 0.5) is 0 Å². The lowest BCUT2D eigenvalue weighted by Crippen LogP contribution is -2.42. The molecular weight excluding hydrogens is 226 g/mol. The van der Waals surface area contributed by atoms with Gasteiger partial charge in [-0.15, -0.1) is 11.3 Å². The molecule has 0 saturated heterocycles. The Balaban J connectivity index is 2.36. The first-order chi connectivity index (χ1) is 8.05. The van der Waals surface area contributed by atoms with E-state index in [9.17, 15) is 0 Å². The summed E-state index contributed by atoms with van der Waals surface area (Å²) in [6.07, 6.45) is 0. The van der Waals surface area contributed by atoms with Gasteiger partial charge in [-0.2, -0.15) is 0 Å². The number of likely N-dealkylation sites (N-methyl/N-ethyl adjacent to an activating group) is 1. The molecule has 0 saturated carbocycles. The fraction of sp³-hybridized carbons (Fsp3) is 0.467. The van der Waals surface area contributed by atoms with Crippen LogP contribution in [-0.4, -0.2) is 12.6 Å². The maximum absolute atomic E-state index is 3.53. The van der Waals surface area contributed by atoms with E-state index in [1.54, 1.807) is 0 Å². The predicted octanol–water partition coefficient (Wildman–Crippen LogP) is 4.18. The average molecular weight is 247 g/mol. The third kappa shape index (κ3) is 2.38. The number of fused-ring (bicyclic) bond motifs is 1. The highest BCUT2D eigenvalue weighted by Gasteiger charge is 2.27. The van der Waals surface area contributed by atoms with Crippen LogP contribution in [0.3, 0.4) is 0 Å². The fourth-order valence-electron chi connectivity index (χ4n) is 2.18. The molecule has 2 aromatic rings. The molecule has 1 aromatic carbocycles. The van der Waals surface area contributed by atoms with E-state index in [4.69, 9.17) is 0 Å². The quantitative estimate of drug-likeness (QED) is 0.854. The summed E-state index contributed by atoms with van der Waals surface area (Å²) in [6, 6.07) is 9.53. The van der Waals surface area contributed by atoms with Crippen LogP contribution in [0.15, 0.2) is 29.6 Å². The van der Waals surface area contributed by atoms with E-state index in [0.717, 1.165) is 6.54 Å².